The zero-order valence-electron chi connectivity index (χ0n) is 11.9. The zero-order valence-corrected chi connectivity index (χ0v) is 11.9. The second kappa shape index (κ2) is 6.17. The minimum absolute atomic E-state index is 0.623. The van der Waals surface area contributed by atoms with E-state index in [0.29, 0.717) is 6.54 Å². The highest BCUT2D eigenvalue weighted by Gasteiger charge is 2.04. The summed E-state index contributed by atoms with van der Waals surface area (Å²) in [6.45, 7) is 3.36. The number of nitrogens with zero attached hydrogens (tertiary/aromatic N) is 4. The molecule has 0 saturated heterocycles. The summed E-state index contributed by atoms with van der Waals surface area (Å²) in [6, 6.07) is 14.2. The van der Waals surface area contributed by atoms with Gasteiger partial charge < -0.3 is 9.88 Å². The van der Waals surface area contributed by atoms with Crippen molar-refractivity contribution in [2.75, 3.05) is 5.32 Å². The van der Waals surface area contributed by atoms with Gasteiger partial charge in [-0.3, -0.25) is 0 Å². The number of imidazole rings is 1. The molecule has 5 heteroatoms. The average molecular weight is 279 g/mol. The van der Waals surface area contributed by atoms with Crippen LogP contribution in [0.1, 0.15) is 17.1 Å². The van der Waals surface area contributed by atoms with Crippen LogP contribution >= 0.6 is 0 Å². The molecule has 0 amide bonds. The van der Waals surface area contributed by atoms with Crippen LogP contribution in [0.5, 0.6) is 0 Å². The van der Waals surface area contributed by atoms with E-state index in [1.807, 2.05) is 49.6 Å². The summed E-state index contributed by atoms with van der Waals surface area (Å²) in [5.74, 6) is 1.73. The van der Waals surface area contributed by atoms with Crippen molar-refractivity contribution in [3.05, 3.63) is 71.9 Å². The molecule has 2 heterocycles. The Kier molecular flexibility index (Phi) is 3.91. The van der Waals surface area contributed by atoms with Crippen LogP contribution in [0.25, 0.3) is 0 Å². The maximum absolute atomic E-state index is 4.40. The molecule has 1 N–H and O–H groups in total. The lowest BCUT2D eigenvalue weighted by Crippen LogP contribution is -2.10. The lowest BCUT2D eigenvalue weighted by atomic mass is 10.2. The predicted molar refractivity (Wildman–Crippen MR) is 81.9 cm³/mol. The van der Waals surface area contributed by atoms with Crippen LogP contribution in [0.3, 0.4) is 0 Å². The van der Waals surface area contributed by atoms with Crippen molar-refractivity contribution >= 4 is 5.82 Å². The normalized spacial score (nSPS) is 10.5. The monoisotopic (exact) mass is 279 g/mol. The Hall–Kier alpha value is -2.69. The molecule has 0 unspecified atom stereocenters. The molecule has 0 aliphatic carbocycles. The van der Waals surface area contributed by atoms with E-state index in [4.69, 9.17) is 0 Å². The molecule has 5 nitrogen and oxygen atoms in total. The first kappa shape index (κ1) is 13.3. The van der Waals surface area contributed by atoms with E-state index in [1.165, 1.54) is 5.56 Å². The molecule has 0 fully saturated rings. The summed E-state index contributed by atoms with van der Waals surface area (Å²) in [7, 11) is 0. The Morgan fingerprint density at radius 2 is 1.90 bits per heavy atom. The summed E-state index contributed by atoms with van der Waals surface area (Å²) in [5.41, 5.74) is 2.16. The van der Waals surface area contributed by atoms with Gasteiger partial charge in [0, 0.05) is 18.9 Å². The molecule has 2 aromatic heterocycles. The van der Waals surface area contributed by atoms with Gasteiger partial charge in [0.05, 0.1) is 12.2 Å². The van der Waals surface area contributed by atoms with Gasteiger partial charge in [0.25, 0.3) is 0 Å². The number of benzene rings is 1. The molecule has 21 heavy (non-hydrogen) atoms. The number of aromatic nitrogens is 4. The molecule has 0 atom stereocenters. The molecule has 1 aromatic carbocycles. The molecule has 0 radical (unpaired) electrons. The van der Waals surface area contributed by atoms with Crippen LogP contribution < -0.4 is 5.32 Å². The first-order valence-corrected chi connectivity index (χ1v) is 6.89. The molecular formula is C16H17N5. The Labute approximate surface area is 123 Å². The van der Waals surface area contributed by atoms with Gasteiger partial charge in [-0.05, 0) is 24.6 Å². The fraction of sp³-hybridized carbons (Fsp3) is 0.188. The fourth-order valence-electron chi connectivity index (χ4n) is 2.09. The Morgan fingerprint density at radius 1 is 1.05 bits per heavy atom. The summed E-state index contributed by atoms with van der Waals surface area (Å²) in [4.78, 5) is 4.40. The second-order valence-corrected chi connectivity index (χ2v) is 4.87. The van der Waals surface area contributed by atoms with E-state index < -0.39 is 0 Å². The van der Waals surface area contributed by atoms with Gasteiger partial charge in [-0.2, -0.15) is 5.10 Å². The van der Waals surface area contributed by atoms with Crippen molar-refractivity contribution < 1.29 is 0 Å². The van der Waals surface area contributed by atoms with Crippen molar-refractivity contribution in [1.29, 1.82) is 0 Å². The van der Waals surface area contributed by atoms with Crippen molar-refractivity contribution in [3.8, 4) is 0 Å². The SMILES string of the molecule is Cc1ccc(NCc2nccn2Cc2ccccc2)nn1. The molecule has 3 rings (SSSR count). The van der Waals surface area contributed by atoms with Gasteiger partial charge in [0.15, 0.2) is 0 Å². The number of aryl methyl sites for hydroxylation is 1. The standard InChI is InChI=1S/C16H17N5/c1-13-7-8-15(20-19-13)18-11-16-17-9-10-21(16)12-14-5-3-2-4-6-14/h2-10H,11-12H2,1H3,(H,18,20). The van der Waals surface area contributed by atoms with Gasteiger partial charge in [-0.25, -0.2) is 4.98 Å². The highest BCUT2D eigenvalue weighted by Crippen LogP contribution is 2.08. The topological polar surface area (TPSA) is 55.6 Å². The molecule has 0 aliphatic heterocycles. The molecule has 0 bridgehead atoms. The van der Waals surface area contributed by atoms with Gasteiger partial charge >= 0.3 is 0 Å². The summed E-state index contributed by atoms with van der Waals surface area (Å²) in [6.07, 6.45) is 3.81. The van der Waals surface area contributed by atoms with E-state index in [0.717, 1.165) is 23.9 Å². The number of anilines is 1. The molecule has 0 saturated carbocycles. The molecule has 0 aliphatic rings. The van der Waals surface area contributed by atoms with Crippen LogP contribution in [0, 0.1) is 6.92 Å². The number of hydrogen-bond acceptors (Lipinski definition) is 4. The smallest absolute Gasteiger partial charge is 0.149 e. The predicted octanol–water partition coefficient (Wildman–Crippen LogP) is 2.64. The summed E-state index contributed by atoms with van der Waals surface area (Å²) in [5, 5.41) is 11.4. The quantitative estimate of drug-likeness (QED) is 0.780. The highest BCUT2D eigenvalue weighted by atomic mass is 15.2. The molecule has 3 aromatic rings. The number of hydrogen-bond donors (Lipinski definition) is 1. The van der Waals surface area contributed by atoms with Crippen molar-refractivity contribution in [2.45, 2.75) is 20.0 Å². The minimum Gasteiger partial charge on any atom is -0.361 e. The van der Waals surface area contributed by atoms with Crippen molar-refractivity contribution in [1.82, 2.24) is 19.7 Å². The first-order chi connectivity index (χ1) is 10.3. The second-order valence-electron chi connectivity index (χ2n) is 4.87. The maximum atomic E-state index is 4.40. The minimum atomic E-state index is 0.623. The maximum Gasteiger partial charge on any atom is 0.149 e. The fourth-order valence-corrected chi connectivity index (χ4v) is 2.09. The Bertz CT molecular complexity index is 688. The van der Waals surface area contributed by atoms with E-state index in [1.54, 1.807) is 0 Å². The van der Waals surface area contributed by atoms with Crippen LogP contribution in [-0.2, 0) is 13.1 Å². The first-order valence-electron chi connectivity index (χ1n) is 6.89. The third-order valence-electron chi connectivity index (χ3n) is 3.22. The lowest BCUT2D eigenvalue weighted by molar-refractivity contribution is 0.733. The number of rotatable bonds is 5. The molecular weight excluding hydrogens is 262 g/mol. The van der Waals surface area contributed by atoms with Gasteiger partial charge in [0.2, 0.25) is 0 Å². The largest absolute Gasteiger partial charge is 0.361 e. The Balaban J connectivity index is 1.66. The van der Waals surface area contributed by atoms with Crippen LogP contribution in [0.4, 0.5) is 5.82 Å². The van der Waals surface area contributed by atoms with Crippen LogP contribution in [-0.4, -0.2) is 19.7 Å². The van der Waals surface area contributed by atoms with E-state index in [9.17, 15) is 0 Å². The number of nitrogens with one attached hydrogen (secondary N) is 1. The van der Waals surface area contributed by atoms with E-state index in [2.05, 4.69) is 37.2 Å². The highest BCUT2D eigenvalue weighted by molar-refractivity contribution is 5.33. The van der Waals surface area contributed by atoms with Crippen molar-refractivity contribution in [2.24, 2.45) is 0 Å². The van der Waals surface area contributed by atoms with Crippen molar-refractivity contribution in [3.63, 3.8) is 0 Å². The third kappa shape index (κ3) is 3.45. The molecule has 106 valence electrons. The van der Waals surface area contributed by atoms with Gasteiger partial charge in [-0.1, -0.05) is 30.3 Å². The third-order valence-corrected chi connectivity index (χ3v) is 3.22. The van der Waals surface area contributed by atoms with E-state index in [-0.39, 0.29) is 0 Å². The Morgan fingerprint density at radius 3 is 2.67 bits per heavy atom. The zero-order chi connectivity index (χ0) is 14.5. The summed E-state index contributed by atoms with van der Waals surface area (Å²) < 4.78 is 2.13. The van der Waals surface area contributed by atoms with E-state index >= 15 is 0 Å². The van der Waals surface area contributed by atoms with Gasteiger partial charge in [0.1, 0.15) is 11.6 Å². The van der Waals surface area contributed by atoms with Crippen LogP contribution in [0.2, 0.25) is 0 Å². The van der Waals surface area contributed by atoms with Crippen LogP contribution in [0.15, 0.2) is 54.9 Å². The van der Waals surface area contributed by atoms with Gasteiger partial charge in [-0.15, -0.1) is 5.10 Å². The average Bonchev–Trinajstić information content (AvgIpc) is 2.95. The summed E-state index contributed by atoms with van der Waals surface area (Å²) >= 11 is 0. The lowest BCUT2D eigenvalue weighted by Gasteiger charge is -2.09. The molecule has 0 spiro atoms.